The van der Waals surface area contributed by atoms with Crippen LogP contribution in [0.15, 0.2) is 0 Å². The van der Waals surface area contributed by atoms with Gasteiger partial charge in [0.1, 0.15) is 0 Å². The standard InChI is InChI=1S/2C12H27N.C11H22Cl2/c2*1-4-7-10-13(11-8-5-2)12-9-6-3;12-10-8-6-4-2-1-3-5-7-9-11-13/h2*4-12H2,1-3H3;1-11H2. The molecule has 0 bridgehead atoms. The molecule has 0 rings (SSSR count). The van der Waals surface area contributed by atoms with Gasteiger partial charge in [0.05, 0.1) is 0 Å². The number of nitrogens with zero attached hydrogens (tertiary/aromatic N) is 2. The molecule has 0 aromatic rings. The zero-order valence-electron chi connectivity index (χ0n) is 28.2. The zero-order valence-corrected chi connectivity index (χ0v) is 29.7. The van der Waals surface area contributed by atoms with Crippen molar-refractivity contribution in [2.75, 3.05) is 51.0 Å². The summed E-state index contributed by atoms with van der Waals surface area (Å²) in [4.78, 5) is 5.27. The van der Waals surface area contributed by atoms with Crippen molar-refractivity contribution in [2.24, 2.45) is 0 Å². The molecule has 0 heterocycles. The van der Waals surface area contributed by atoms with Gasteiger partial charge in [0.15, 0.2) is 0 Å². The van der Waals surface area contributed by atoms with Crippen LogP contribution in [0.5, 0.6) is 0 Å². The smallest absolute Gasteiger partial charge is 0.0223 e. The number of hydrogen-bond donors (Lipinski definition) is 0. The Balaban J connectivity index is -0.000000498. The summed E-state index contributed by atoms with van der Waals surface area (Å²) in [6.07, 6.45) is 28.1. The van der Waals surface area contributed by atoms with Crippen molar-refractivity contribution in [1.29, 1.82) is 0 Å². The van der Waals surface area contributed by atoms with Crippen LogP contribution in [0.25, 0.3) is 0 Å². The molecule has 0 amide bonds. The van der Waals surface area contributed by atoms with Gasteiger partial charge in [-0.25, -0.2) is 0 Å². The molecule has 0 saturated carbocycles. The molecular weight excluding hydrogens is 519 g/mol. The molecule has 4 heteroatoms. The minimum atomic E-state index is 0.829. The van der Waals surface area contributed by atoms with Gasteiger partial charge in [-0.15, -0.1) is 23.2 Å². The van der Waals surface area contributed by atoms with Crippen LogP contribution in [0.4, 0.5) is 0 Å². The molecule has 0 spiro atoms. The predicted molar refractivity (Wildman–Crippen MR) is 185 cm³/mol. The first-order valence-electron chi connectivity index (χ1n) is 17.7. The Morgan fingerprint density at radius 1 is 0.282 bits per heavy atom. The molecule has 0 unspecified atom stereocenters. The van der Waals surface area contributed by atoms with Gasteiger partial charge in [0.2, 0.25) is 0 Å². The van der Waals surface area contributed by atoms with Gasteiger partial charge in [-0.2, -0.15) is 0 Å². The second kappa shape index (κ2) is 43.0. The number of unbranched alkanes of at least 4 members (excludes halogenated alkanes) is 14. The fraction of sp³-hybridized carbons (Fsp3) is 1.00. The summed E-state index contributed by atoms with van der Waals surface area (Å²) >= 11 is 11.2. The maximum atomic E-state index is 5.59. The fourth-order valence-electron chi connectivity index (χ4n) is 4.39. The minimum absolute atomic E-state index is 0.829. The molecular formula is C35H76Cl2N2. The maximum Gasteiger partial charge on any atom is 0.0223 e. The quantitative estimate of drug-likeness (QED) is 0.0656. The molecule has 0 aliphatic rings. The first-order chi connectivity index (χ1) is 19.1. The molecule has 0 radical (unpaired) electrons. The summed E-state index contributed by atoms with van der Waals surface area (Å²) in [5.74, 6) is 1.66. The molecule has 39 heavy (non-hydrogen) atoms. The van der Waals surface area contributed by atoms with E-state index in [-0.39, 0.29) is 0 Å². The summed E-state index contributed by atoms with van der Waals surface area (Å²) in [7, 11) is 0. The molecule has 0 N–H and O–H groups in total. The molecule has 0 aliphatic carbocycles. The maximum absolute atomic E-state index is 5.59. The molecule has 0 fully saturated rings. The molecule has 2 nitrogen and oxygen atoms in total. The highest BCUT2D eigenvalue weighted by Gasteiger charge is 2.03. The van der Waals surface area contributed by atoms with Gasteiger partial charge >= 0.3 is 0 Å². The van der Waals surface area contributed by atoms with Crippen LogP contribution in [0.3, 0.4) is 0 Å². The molecule has 0 aromatic carbocycles. The lowest BCUT2D eigenvalue weighted by atomic mass is 10.1. The van der Waals surface area contributed by atoms with Gasteiger partial charge in [0, 0.05) is 11.8 Å². The van der Waals surface area contributed by atoms with Crippen molar-refractivity contribution < 1.29 is 0 Å². The molecule has 0 aliphatic heterocycles. The Morgan fingerprint density at radius 3 is 0.615 bits per heavy atom. The van der Waals surface area contributed by atoms with E-state index in [0.29, 0.717) is 0 Å². The highest BCUT2D eigenvalue weighted by molar-refractivity contribution is 6.18. The average Bonchev–Trinajstić information content (AvgIpc) is 2.96. The van der Waals surface area contributed by atoms with E-state index in [1.807, 2.05) is 0 Å². The van der Waals surface area contributed by atoms with Gasteiger partial charge < -0.3 is 9.80 Å². The topological polar surface area (TPSA) is 6.48 Å². The van der Waals surface area contributed by atoms with Gasteiger partial charge in [-0.1, -0.05) is 125 Å². The normalized spacial score (nSPS) is 10.9. The Bertz CT molecular complexity index is 310. The van der Waals surface area contributed by atoms with E-state index < -0.39 is 0 Å². The van der Waals surface area contributed by atoms with E-state index >= 15 is 0 Å². The average molecular weight is 596 g/mol. The van der Waals surface area contributed by atoms with E-state index in [1.54, 1.807) is 0 Å². The Labute approximate surface area is 259 Å². The van der Waals surface area contributed by atoms with Crippen molar-refractivity contribution in [3.63, 3.8) is 0 Å². The van der Waals surface area contributed by atoms with Crippen molar-refractivity contribution in [1.82, 2.24) is 9.80 Å². The summed E-state index contributed by atoms with van der Waals surface area (Å²) in [5, 5.41) is 0. The van der Waals surface area contributed by atoms with Crippen LogP contribution < -0.4 is 0 Å². The van der Waals surface area contributed by atoms with Crippen LogP contribution in [0.2, 0.25) is 0 Å². The lowest BCUT2D eigenvalue weighted by molar-refractivity contribution is 0.261. The summed E-state index contributed by atoms with van der Waals surface area (Å²) in [6.45, 7) is 21.5. The van der Waals surface area contributed by atoms with E-state index in [9.17, 15) is 0 Å². The van der Waals surface area contributed by atoms with Crippen LogP contribution in [0.1, 0.15) is 176 Å². The lowest BCUT2D eigenvalue weighted by Crippen LogP contribution is -2.27. The van der Waals surface area contributed by atoms with E-state index in [1.165, 1.54) is 174 Å². The van der Waals surface area contributed by atoms with Crippen LogP contribution in [-0.2, 0) is 0 Å². The van der Waals surface area contributed by atoms with Gasteiger partial charge in [-0.05, 0) is 90.6 Å². The molecule has 0 aromatic heterocycles. The van der Waals surface area contributed by atoms with Crippen LogP contribution in [-0.4, -0.2) is 60.8 Å². The first kappa shape index (κ1) is 43.9. The SMILES string of the molecule is CCCCN(CCCC)CCCC.CCCCN(CCCC)CCCC.ClCCCCCCCCCCCCl. The second-order valence-corrected chi connectivity index (χ2v) is 12.1. The van der Waals surface area contributed by atoms with Gasteiger partial charge in [-0.3, -0.25) is 0 Å². The first-order valence-corrected chi connectivity index (χ1v) is 18.7. The third-order valence-electron chi connectivity index (χ3n) is 7.23. The van der Waals surface area contributed by atoms with E-state index in [0.717, 1.165) is 11.8 Å². The third-order valence-corrected chi connectivity index (χ3v) is 7.77. The largest absolute Gasteiger partial charge is 0.303 e. The summed E-state index contributed by atoms with van der Waals surface area (Å²) < 4.78 is 0. The minimum Gasteiger partial charge on any atom is -0.303 e. The fourth-order valence-corrected chi connectivity index (χ4v) is 4.77. The highest BCUT2D eigenvalue weighted by Crippen LogP contribution is 2.10. The third kappa shape index (κ3) is 43.1. The number of halogens is 2. The van der Waals surface area contributed by atoms with E-state index in [2.05, 4.69) is 51.3 Å². The van der Waals surface area contributed by atoms with Gasteiger partial charge in [0.25, 0.3) is 0 Å². The van der Waals surface area contributed by atoms with Crippen LogP contribution in [0, 0.1) is 0 Å². The zero-order chi connectivity index (χ0) is 29.7. The lowest BCUT2D eigenvalue weighted by Gasteiger charge is -2.21. The monoisotopic (exact) mass is 595 g/mol. The second-order valence-electron chi connectivity index (χ2n) is 11.4. The van der Waals surface area contributed by atoms with Crippen molar-refractivity contribution in [3.05, 3.63) is 0 Å². The Hall–Kier alpha value is 0.500. The summed E-state index contributed by atoms with van der Waals surface area (Å²) in [6, 6.07) is 0. The summed E-state index contributed by atoms with van der Waals surface area (Å²) in [5.41, 5.74) is 0. The molecule has 0 atom stereocenters. The van der Waals surface area contributed by atoms with Crippen LogP contribution >= 0.6 is 23.2 Å². The number of hydrogen-bond acceptors (Lipinski definition) is 2. The number of alkyl halides is 2. The number of rotatable bonds is 28. The van der Waals surface area contributed by atoms with Crippen molar-refractivity contribution in [3.8, 4) is 0 Å². The molecule has 0 saturated heterocycles. The molecule has 240 valence electrons. The van der Waals surface area contributed by atoms with Crippen molar-refractivity contribution >= 4 is 23.2 Å². The highest BCUT2D eigenvalue weighted by atomic mass is 35.5. The Kier molecular flexibility index (Phi) is 48.4. The Morgan fingerprint density at radius 2 is 0.462 bits per heavy atom. The predicted octanol–water partition coefficient (Wildman–Crippen LogP) is 12.4. The van der Waals surface area contributed by atoms with Crippen molar-refractivity contribution in [2.45, 2.75) is 176 Å². The van der Waals surface area contributed by atoms with E-state index in [4.69, 9.17) is 23.2 Å².